The molecule has 4 rings (SSSR count). The lowest BCUT2D eigenvalue weighted by molar-refractivity contribution is -0.128. The minimum absolute atomic E-state index is 0.166. The molecule has 5 heteroatoms. The molecule has 0 radical (unpaired) electrons. The molecule has 0 aromatic heterocycles. The van der Waals surface area contributed by atoms with Crippen molar-refractivity contribution in [3.05, 3.63) is 46.6 Å². The zero-order chi connectivity index (χ0) is 15.2. The van der Waals surface area contributed by atoms with Crippen molar-refractivity contribution in [2.24, 2.45) is 4.99 Å². The van der Waals surface area contributed by atoms with Gasteiger partial charge in [0.25, 0.3) is 5.91 Å². The number of hydrogen-bond donors (Lipinski definition) is 0. The molecule has 3 heterocycles. The number of amides is 1. The van der Waals surface area contributed by atoms with Crippen molar-refractivity contribution in [1.29, 1.82) is 0 Å². The van der Waals surface area contributed by atoms with Gasteiger partial charge in [0, 0.05) is 32.4 Å². The molecule has 0 aromatic rings. The molecule has 0 saturated carbocycles. The van der Waals surface area contributed by atoms with Crippen LogP contribution in [0.3, 0.4) is 0 Å². The maximum atomic E-state index is 12.9. The monoisotopic (exact) mass is 313 g/mol. The lowest BCUT2D eigenvalue weighted by Gasteiger charge is -2.36. The van der Waals surface area contributed by atoms with Gasteiger partial charge in [0.2, 0.25) is 0 Å². The Morgan fingerprint density at radius 1 is 1.27 bits per heavy atom. The first-order valence-corrected chi connectivity index (χ1v) is 8.57. The average molecular weight is 313 g/mol. The van der Waals surface area contributed by atoms with E-state index in [0.29, 0.717) is 0 Å². The zero-order valence-electron chi connectivity index (χ0n) is 12.7. The Labute approximate surface area is 134 Å². The van der Waals surface area contributed by atoms with Gasteiger partial charge >= 0.3 is 0 Å². The number of aliphatic imine (C=N–C) groups is 1. The van der Waals surface area contributed by atoms with Gasteiger partial charge in [-0.1, -0.05) is 12.2 Å². The molecule has 114 valence electrons. The SMILES string of the molecule is CN1CCN(C(=O)C2=CSC34CC=CC=C3N=CC=C24)CC1. The number of carbonyl (C=O) groups is 1. The minimum Gasteiger partial charge on any atom is -0.336 e. The van der Waals surface area contributed by atoms with Crippen LogP contribution in [0.2, 0.25) is 0 Å². The first-order chi connectivity index (χ1) is 10.7. The van der Waals surface area contributed by atoms with Crippen molar-refractivity contribution in [2.75, 3.05) is 33.2 Å². The number of piperazine rings is 1. The smallest absolute Gasteiger partial charge is 0.254 e. The van der Waals surface area contributed by atoms with Crippen LogP contribution in [-0.4, -0.2) is 59.9 Å². The highest BCUT2D eigenvalue weighted by atomic mass is 32.2. The van der Waals surface area contributed by atoms with Crippen molar-refractivity contribution in [2.45, 2.75) is 11.2 Å². The molecule has 0 N–H and O–H groups in total. The Bertz CT molecular complexity index is 665. The van der Waals surface area contributed by atoms with Crippen molar-refractivity contribution in [1.82, 2.24) is 9.80 Å². The normalized spacial score (nSPS) is 30.4. The van der Waals surface area contributed by atoms with Gasteiger partial charge < -0.3 is 9.80 Å². The molecular weight excluding hydrogens is 294 g/mol. The molecule has 1 atom stereocenters. The number of rotatable bonds is 1. The fourth-order valence-electron chi connectivity index (χ4n) is 3.40. The number of hydrogen-bond acceptors (Lipinski definition) is 4. The number of carbonyl (C=O) groups excluding carboxylic acids is 1. The van der Waals surface area contributed by atoms with Gasteiger partial charge in [-0.05, 0) is 36.6 Å². The molecule has 1 saturated heterocycles. The number of thioether (sulfide) groups is 1. The summed E-state index contributed by atoms with van der Waals surface area (Å²) < 4.78 is -0.166. The Morgan fingerprint density at radius 3 is 2.91 bits per heavy atom. The lowest BCUT2D eigenvalue weighted by atomic mass is 9.83. The Hall–Kier alpha value is -1.59. The third-order valence-corrected chi connectivity index (χ3v) is 6.14. The van der Waals surface area contributed by atoms with Gasteiger partial charge in [-0.3, -0.25) is 9.79 Å². The molecular formula is C17H19N3OS. The standard InChI is InChI=1S/C17H19N3OS/c1-19-8-10-20(11-9-19)16(21)13-12-22-17-6-3-2-4-15(17)18-7-5-14(13)17/h2-5,7,12H,6,8-11H2,1H3. The third kappa shape index (κ3) is 2.03. The van der Waals surface area contributed by atoms with E-state index >= 15 is 0 Å². The Morgan fingerprint density at radius 2 is 2.09 bits per heavy atom. The van der Waals surface area contributed by atoms with Crippen molar-refractivity contribution in [3.8, 4) is 0 Å². The number of dihydropyridines is 1. The second kappa shape index (κ2) is 5.25. The van der Waals surface area contributed by atoms with E-state index in [2.05, 4.69) is 35.2 Å². The predicted molar refractivity (Wildman–Crippen MR) is 90.9 cm³/mol. The summed E-state index contributed by atoms with van der Waals surface area (Å²) in [6.45, 7) is 3.53. The van der Waals surface area contributed by atoms with Gasteiger partial charge in [-0.2, -0.15) is 0 Å². The first-order valence-electron chi connectivity index (χ1n) is 7.69. The van der Waals surface area contributed by atoms with Crippen LogP contribution in [-0.2, 0) is 4.79 Å². The molecule has 4 aliphatic rings. The van der Waals surface area contributed by atoms with Gasteiger partial charge in [0.05, 0.1) is 16.0 Å². The maximum absolute atomic E-state index is 12.9. The van der Waals surface area contributed by atoms with E-state index in [0.717, 1.165) is 49.4 Å². The lowest BCUT2D eigenvalue weighted by Crippen LogP contribution is -2.48. The molecule has 1 spiro atoms. The van der Waals surface area contributed by atoms with E-state index in [1.54, 1.807) is 11.8 Å². The molecule has 3 aliphatic heterocycles. The second-order valence-electron chi connectivity index (χ2n) is 6.11. The maximum Gasteiger partial charge on any atom is 0.254 e. The van der Waals surface area contributed by atoms with E-state index in [1.807, 2.05) is 22.6 Å². The zero-order valence-corrected chi connectivity index (χ0v) is 13.5. The third-order valence-electron chi connectivity index (χ3n) is 4.79. The highest BCUT2D eigenvalue weighted by Crippen LogP contribution is 2.54. The Balaban J connectivity index is 1.61. The van der Waals surface area contributed by atoms with Crippen molar-refractivity contribution in [3.63, 3.8) is 0 Å². The number of allylic oxidation sites excluding steroid dienone is 4. The fraction of sp³-hybridized carbons (Fsp3) is 0.412. The summed E-state index contributed by atoms with van der Waals surface area (Å²) in [5.74, 6) is 0.174. The molecule has 0 bridgehead atoms. The summed E-state index contributed by atoms with van der Waals surface area (Å²) in [6, 6.07) is 0. The number of likely N-dealkylation sites (N-methyl/N-ethyl adjacent to an activating group) is 1. The molecule has 4 nitrogen and oxygen atoms in total. The summed E-state index contributed by atoms with van der Waals surface area (Å²) in [4.78, 5) is 21.7. The molecule has 22 heavy (non-hydrogen) atoms. The van der Waals surface area contributed by atoms with Crippen LogP contribution in [0.4, 0.5) is 0 Å². The molecule has 1 aliphatic carbocycles. The largest absolute Gasteiger partial charge is 0.336 e. The first kappa shape index (κ1) is 14.0. The number of nitrogens with zero attached hydrogens (tertiary/aromatic N) is 3. The summed E-state index contributed by atoms with van der Waals surface area (Å²) in [5, 5.41) is 2.05. The molecule has 1 fully saturated rings. The van der Waals surface area contributed by atoms with Crippen LogP contribution < -0.4 is 0 Å². The van der Waals surface area contributed by atoms with E-state index in [4.69, 9.17) is 0 Å². The highest BCUT2D eigenvalue weighted by molar-refractivity contribution is 8.04. The highest BCUT2D eigenvalue weighted by Gasteiger charge is 2.47. The van der Waals surface area contributed by atoms with E-state index < -0.39 is 0 Å². The summed E-state index contributed by atoms with van der Waals surface area (Å²) in [5.41, 5.74) is 3.06. The van der Waals surface area contributed by atoms with Gasteiger partial charge in [-0.25, -0.2) is 0 Å². The van der Waals surface area contributed by atoms with E-state index in [1.165, 1.54) is 0 Å². The second-order valence-corrected chi connectivity index (χ2v) is 7.28. The summed E-state index contributed by atoms with van der Waals surface area (Å²) in [6.07, 6.45) is 11.1. The van der Waals surface area contributed by atoms with Crippen LogP contribution in [0.25, 0.3) is 0 Å². The van der Waals surface area contributed by atoms with Crippen molar-refractivity contribution < 1.29 is 4.79 Å². The average Bonchev–Trinajstić information content (AvgIpc) is 2.92. The molecule has 1 amide bonds. The van der Waals surface area contributed by atoms with Crippen LogP contribution in [0.15, 0.2) is 51.5 Å². The summed E-state index contributed by atoms with van der Waals surface area (Å²) >= 11 is 1.74. The Kier molecular flexibility index (Phi) is 3.35. The van der Waals surface area contributed by atoms with Crippen LogP contribution >= 0.6 is 11.8 Å². The van der Waals surface area contributed by atoms with Gasteiger partial charge in [0.15, 0.2) is 0 Å². The molecule has 1 unspecified atom stereocenters. The van der Waals surface area contributed by atoms with Crippen molar-refractivity contribution >= 4 is 23.9 Å². The molecule has 0 aromatic carbocycles. The van der Waals surface area contributed by atoms with Gasteiger partial charge in [-0.15, -0.1) is 11.8 Å². The van der Waals surface area contributed by atoms with Crippen LogP contribution in [0, 0.1) is 0 Å². The van der Waals surface area contributed by atoms with E-state index in [-0.39, 0.29) is 10.7 Å². The predicted octanol–water partition coefficient (Wildman–Crippen LogP) is 1.98. The topological polar surface area (TPSA) is 35.9 Å². The minimum atomic E-state index is -0.166. The quantitative estimate of drug-likeness (QED) is 0.743. The van der Waals surface area contributed by atoms with E-state index in [9.17, 15) is 4.79 Å². The summed E-state index contributed by atoms with van der Waals surface area (Å²) in [7, 11) is 2.10. The van der Waals surface area contributed by atoms with Gasteiger partial charge in [0.1, 0.15) is 0 Å². The van der Waals surface area contributed by atoms with Crippen LogP contribution in [0.1, 0.15) is 6.42 Å². The van der Waals surface area contributed by atoms with Crippen LogP contribution in [0.5, 0.6) is 0 Å². The fourth-order valence-corrected chi connectivity index (χ4v) is 4.69.